The van der Waals surface area contributed by atoms with Crippen molar-refractivity contribution < 1.29 is 23.9 Å². The van der Waals surface area contributed by atoms with Crippen molar-refractivity contribution >= 4 is 34.3 Å². The summed E-state index contributed by atoms with van der Waals surface area (Å²) in [5.74, 6) is 1.17. The smallest absolute Gasteiger partial charge is 0.261 e. The minimum Gasteiger partial charge on any atom is -0.493 e. The van der Waals surface area contributed by atoms with Crippen molar-refractivity contribution in [3.63, 3.8) is 0 Å². The number of methoxy groups -OCH3 is 2. The molecule has 11 heteroatoms. The van der Waals surface area contributed by atoms with Crippen molar-refractivity contribution in [2.24, 2.45) is 0 Å². The van der Waals surface area contributed by atoms with Crippen LogP contribution in [0.3, 0.4) is 0 Å². The Morgan fingerprint density at radius 1 is 0.848 bits per heavy atom. The third kappa shape index (κ3) is 6.04. The molecule has 0 spiro atoms. The van der Waals surface area contributed by atoms with Crippen LogP contribution in [0.4, 0.5) is 5.69 Å². The maximum Gasteiger partial charge on any atom is 0.261 e. The number of piperazine rings is 1. The molecular formula is C35H37N5O6. The standard InChI is InChI=1S/C35H37N5O6/c1-23(41)37-16-18-38(19-17-37)26-9-10-28-29(22-26)36-32(13-15-40-33(42)21-25-6-4-5-7-27(25)34(40)43)39(35(28)44)14-12-24-8-11-30(45-2)31(20-24)46-3/h4-11,20,22H,12-19,21H2,1-3H3. The van der Waals surface area contributed by atoms with Gasteiger partial charge in [0.05, 0.1) is 31.5 Å². The number of amides is 3. The van der Waals surface area contributed by atoms with E-state index < -0.39 is 0 Å². The summed E-state index contributed by atoms with van der Waals surface area (Å²) in [7, 11) is 3.16. The molecule has 3 heterocycles. The van der Waals surface area contributed by atoms with Crippen molar-refractivity contribution in [1.82, 2.24) is 19.4 Å². The fourth-order valence-corrected chi connectivity index (χ4v) is 6.27. The summed E-state index contributed by atoms with van der Waals surface area (Å²) in [5, 5.41) is 0.487. The van der Waals surface area contributed by atoms with Gasteiger partial charge in [-0.2, -0.15) is 0 Å². The van der Waals surface area contributed by atoms with Crippen LogP contribution in [0.15, 0.2) is 65.5 Å². The number of imide groups is 1. The Kier molecular flexibility index (Phi) is 8.74. The second-order valence-corrected chi connectivity index (χ2v) is 11.6. The molecule has 238 valence electrons. The molecule has 2 aliphatic heterocycles. The van der Waals surface area contributed by atoms with Crippen molar-refractivity contribution in [3.05, 3.63) is 93.5 Å². The molecule has 1 fully saturated rings. The molecule has 0 atom stereocenters. The van der Waals surface area contributed by atoms with E-state index in [-0.39, 0.29) is 42.7 Å². The molecule has 0 aliphatic carbocycles. The first-order valence-electron chi connectivity index (χ1n) is 15.4. The van der Waals surface area contributed by atoms with Gasteiger partial charge >= 0.3 is 0 Å². The van der Waals surface area contributed by atoms with Crippen LogP contribution in [0.2, 0.25) is 0 Å². The fraction of sp³-hybridized carbons (Fsp3) is 0.343. The van der Waals surface area contributed by atoms with Gasteiger partial charge in [-0.1, -0.05) is 24.3 Å². The summed E-state index contributed by atoms with van der Waals surface area (Å²) < 4.78 is 12.5. The highest BCUT2D eigenvalue weighted by Gasteiger charge is 2.30. The normalized spacial score (nSPS) is 14.9. The molecule has 0 saturated carbocycles. The third-order valence-corrected chi connectivity index (χ3v) is 8.87. The predicted molar refractivity (Wildman–Crippen MR) is 174 cm³/mol. The second kappa shape index (κ2) is 13.0. The van der Waals surface area contributed by atoms with E-state index in [1.807, 2.05) is 47.4 Å². The maximum absolute atomic E-state index is 14.0. The lowest BCUT2D eigenvalue weighted by atomic mass is 9.98. The molecule has 6 rings (SSSR count). The molecule has 0 radical (unpaired) electrons. The van der Waals surface area contributed by atoms with E-state index >= 15 is 0 Å². The number of aryl methyl sites for hydroxylation is 1. The Morgan fingerprint density at radius 3 is 2.35 bits per heavy atom. The van der Waals surface area contributed by atoms with E-state index in [0.717, 1.165) is 16.8 Å². The van der Waals surface area contributed by atoms with Gasteiger partial charge in [-0.15, -0.1) is 0 Å². The number of hydrogen-bond acceptors (Lipinski definition) is 8. The zero-order chi connectivity index (χ0) is 32.4. The molecule has 2 aliphatic rings. The summed E-state index contributed by atoms with van der Waals surface area (Å²) in [6, 6.07) is 18.5. The van der Waals surface area contributed by atoms with E-state index in [2.05, 4.69) is 4.90 Å². The van der Waals surface area contributed by atoms with E-state index in [9.17, 15) is 19.2 Å². The molecule has 0 unspecified atom stereocenters. The first kappa shape index (κ1) is 30.8. The van der Waals surface area contributed by atoms with Crippen molar-refractivity contribution in [3.8, 4) is 11.5 Å². The Labute approximate surface area is 266 Å². The van der Waals surface area contributed by atoms with E-state index in [4.69, 9.17) is 14.5 Å². The van der Waals surface area contributed by atoms with Crippen LogP contribution in [0.5, 0.6) is 11.5 Å². The van der Waals surface area contributed by atoms with Gasteiger partial charge in [0.15, 0.2) is 11.5 Å². The van der Waals surface area contributed by atoms with Gasteiger partial charge in [0, 0.05) is 63.9 Å². The molecule has 11 nitrogen and oxygen atoms in total. The summed E-state index contributed by atoms with van der Waals surface area (Å²) >= 11 is 0. The SMILES string of the molecule is COc1ccc(CCn2c(CCN3C(=O)Cc4ccccc4C3=O)nc3cc(N4CCN(C(C)=O)CC4)ccc3c2=O)cc1OC. The zero-order valence-corrected chi connectivity index (χ0v) is 26.3. The number of rotatable bonds is 9. The Morgan fingerprint density at radius 2 is 1.61 bits per heavy atom. The highest BCUT2D eigenvalue weighted by molar-refractivity contribution is 6.09. The van der Waals surface area contributed by atoms with Crippen LogP contribution in [0.25, 0.3) is 10.9 Å². The second-order valence-electron chi connectivity index (χ2n) is 11.6. The van der Waals surface area contributed by atoms with Gasteiger partial charge in [0.2, 0.25) is 11.8 Å². The summed E-state index contributed by atoms with van der Waals surface area (Å²) in [6.45, 7) is 4.65. The Bertz CT molecular complexity index is 1880. The number of nitrogens with zero attached hydrogens (tertiary/aromatic N) is 5. The molecule has 3 aromatic carbocycles. The molecule has 0 bridgehead atoms. The number of ether oxygens (including phenoxy) is 2. The van der Waals surface area contributed by atoms with Crippen molar-refractivity contribution in [2.75, 3.05) is 51.8 Å². The van der Waals surface area contributed by atoms with Crippen LogP contribution in [-0.2, 0) is 35.4 Å². The van der Waals surface area contributed by atoms with Crippen LogP contribution < -0.4 is 19.9 Å². The van der Waals surface area contributed by atoms with Crippen LogP contribution in [0, 0.1) is 0 Å². The highest BCUT2D eigenvalue weighted by atomic mass is 16.5. The molecule has 1 aromatic heterocycles. The summed E-state index contributed by atoms with van der Waals surface area (Å²) in [4.78, 5) is 62.4. The number of benzene rings is 3. The average Bonchev–Trinajstić information content (AvgIpc) is 3.07. The number of carbonyl (C=O) groups is 3. The van der Waals surface area contributed by atoms with E-state index in [1.54, 1.807) is 43.9 Å². The van der Waals surface area contributed by atoms with Gasteiger partial charge in [0.1, 0.15) is 5.82 Å². The predicted octanol–water partition coefficient (Wildman–Crippen LogP) is 3.09. The molecular weight excluding hydrogens is 586 g/mol. The Hall–Kier alpha value is -5.19. The van der Waals surface area contributed by atoms with Crippen molar-refractivity contribution in [2.45, 2.75) is 32.7 Å². The maximum atomic E-state index is 14.0. The number of anilines is 1. The van der Waals surface area contributed by atoms with E-state index in [1.165, 1.54) is 4.90 Å². The van der Waals surface area contributed by atoms with Gasteiger partial charge in [-0.25, -0.2) is 4.98 Å². The lowest BCUT2D eigenvalue weighted by Gasteiger charge is -2.35. The lowest BCUT2D eigenvalue weighted by molar-refractivity contribution is -0.129. The quantitative estimate of drug-likeness (QED) is 0.262. The first-order chi connectivity index (χ1) is 22.3. The molecule has 0 N–H and O–H groups in total. The zero-order valence-electron chi connectivity index (χ0n) is 26.3. The molecule has 1 saturated heterocycles. The van der Waals surface area contributed by atoms with Gasteiger partial charge < -0.3 is 19.3 Å². The van der Waals surface area contributed by atoms with Gasteiger partial charge in [0.25, 0.3) is 11.5 Å². The fourth-order valence-electron chi connectivity index (χ4n) is 6.27. The number of fused-ring (bicyclic) bond motifs is 2. The number of hydrogen-bond donors (Lipinski definition) is 0. The molecule has 46 heavy (non-hydrogen) atoms. The topological polar surface area (TPSA) is 114 Å². The molecule has 4 aromatic rings. The largest absolute Gasteiger partial charge is 0.493 e. The van der Waals surface area contributed by atoms with Crippen LogP contribution in [-0.4, -0.2) is 84.0 Å². The third-order valence-electron chi connectivity index (χ3n) is 8.87. The van der Waals surface area contributed by atoms with Crippen LogP contribution in [0.1, 0.15) is 34.2 Å². The molecule has 3 amide bonds. The summed E-state index contributed by atoms with van der Waals surface area (Å²) in [6.07, 6.45) is 0.894. The van der Waals surface area contributed by atoms with Crippen LogP contribution >= 0.6 is 0 Å². The van der Waals surface area contributed by atoms with Crippen molar-refractivity contribution in [1.29, 1.82) is 0 Å². The minimum absolute atomic E-state index is 0.0623. The summed E-state index contributed by atoms with van der Waals surface area (Å²) in [5.41, 5.74) is 3.49. The Balaban J connectivity index is 1.32. The monoisotopic (exact) mass is 623 g/mol. The van der Waals surface area contributed by atoms with Gasteiger partial charge in [-0.05, 0) is 53.9 Å². The minimum atomic E-state index is -0.334. The number of aromatic nitrogens is 2. The first-order valence-corrected chi connectivity index (χ1v) is 15.4. The van der Waals surface area contributed by atoms with E-state index in [0.29, 0.717) is 72.9 Å². The average molecular weight is 624 g/mol. The number of carbonyl (C=O) groups excluding carboxylic acids is 3. The highest BCUT2D eigenvalue weighted by Crippen LogP contribution is 2.28. The lowest BCUT2D eigenvalue weighted by Crippen LogP contribution is -2.48. The van der Waals surface area contributed by atoms with Gasteiger partial charge in [-0.3, -0.25) is 28.6 Å².